The van der Waals surface area contributed by atoms with Crippen molar-refractivity contribution < 1.29 is 4.79 Å². The van der Waals surface area contributed by atoms with Gasteiger partial charge in [-0.05, 0) is 60.7 Å². The van der Waals surface area contributed by atoms with Gasteiger partial charge in [0.05, 0.1) is 5.52 Å². The lowest BCUT2D eigenvalue weighted by Gasteiger charge is -2.25. The van der Waals surface area contributed by atoms with Crippen molar-refractivity contribution in [1.29, 1.82) is 0 Å². The molecule has 5 rings (SSSR count). The number of hydrogen-bond donors (Lipinski definition) is 0. The minimum Gasteiger partial charge on any atom is -0.294 e. The van der Waals surface area contributed by atoms with Crippen LogP contribution in [0.2, 0.25) is 0 Å². The Hall–Kier alpha value is -2.22. The number of aromatic nitrogens is 1. The number of fused-ring (bicyclic) bond motifs is 4. The highest BCUT2D eigenvalue weighted by atomic mass is 16.1. The summed E-state index contributed by atoms with van der Waals surface area (Å²) in [6, 6.07) is 10.7. The second-order valence-corrected chi connectivity index (χ2v) is 6.52. The summed E-state index contributed by atoms with van der Waals surface area (Å²) in [6.07, 6.45) is 5.90. The Balaban J connectivity index is 2.02. The fourth-order valence-corrected chi connectivity index (χ4v) is 4.31. The Morgan fingerprint density at radius 1 is 0.909 bits per heavy atom. The molecule has 2 nitrogen and oxygen atoms in total. The SMILES string of the molecule is O=C1CCCc2cc3c4c(nc5ccccc53)CCCc4c21. The van der Waals surface area contributed by atoms with Crippen molar-refractivity contribution in [3.05, 3.63) is 52.7 Å². The molecule has 0 N–H and O–H groups in total. The normalized spacial score (nSPS) is 17.0. The summed E-state index contributed by atoms with van der Waals surface area (Å²) >= 11 is 0. The average molecular weight is 287 g/mol. The van der Waals surface area contributed by atoms with Gasteiger partial charge in [0.15, 0.2) is 5.78 Å². The van der Waals surface area contributed by atoms with Gasteiger partial charge in [-0.15, -0.1) is 0 Å². The molecule has 0 saturated carbocycles. The number of nitrogens with zero attached hydrogens (tertiary/aromatic N) is 1. The summed E-state index contributed by atoms with van der Waals surface area (Å²) in [4.78, 5) is 17.4. The molecule has 0 atom stereocenters. The van der Waals surface area contributed by atoms with E-state index in [0.29, 0.717) is 12.2 Å². The van der Waals surface area contributed by atoms with Crippen LogP contribution in [0, 0.1) is 0 Å². The van der Waals surface area contributed by atoms with Gasteiger partial charge in [0.2, 0.25) is 0 Å². The molecule has 2 aliphatic carbocycles. The summed E-state index contributed by atoms with van der Waals surface area (Å²) in [5, 5.41) is 3.81. The van der Waals surface area contributed by atoms with Gasteiger partial charge in [-0.2, -0.15) is 0 Å². The first-order valence-electron chi connectivity index (χ1n) is 8.22. The number of pyridine rings is 1. The number of rotatable bonds is 0. The summed E-state index contributed by atoms with van der Waals surface area (Å²) in [5.41, 5.74) is 5.87. The maximum atomic E-state index is 12.5. The van der Waals surface area contributed by atoms with Gasteiger partial charge in [0, 0.05) is 28.5 Å². The number of benzene rings is 2. The first kappa shape index (κ1) is 12.3. The smallest absolute Gasteiger partial charge is 0.163 e. The van der Waals surface area contributed by atoms with E-state index in [0.717, 1.165) is 43.2 Å². The standard InChI is InChI=1S/C20H17NO/c22-18-10-3-5-12-11-15-13-6-1-2-8-16(13)21-17-9-4-7-14(19(12)18)20(15)17/h1-2,6,8,11H,3-5,7,9-10H2. The largest absolute Gasteiger partial charge is 0.294 e. The molecule has 2 heteroatoms. The van der Waals surface area contributed by atoms with E-state index < -0.39 is 0 Å². The van der Waals surface area contributed by atoms with Gasteiger partial charge in [0.1, 0.15) is 0 Å². The first-order chi connectivity index (χ1) is 10.8. The van der Waals surface area contributed by atoms with Gasteiger partial charge in [0.25, 0.3) is 0 Å². The highest BCUT2D eigenvalue weighted by Gasteiger charge is 2.26. The maximum absolute atomic E-state index is 12.5. The Bertz CT molecular complexity index is 955. The lowest BCUT2D eigenvalue weighted by molar-refractivity contribution is 0.0971. The molecule has 0 unspecified atom stereocenters. The Morgan fingerprint density at radius 2 is 1.77 bits per heavy atom. The van der Waals surface area contributed by atoms with Crippen LogP contribution >= 0.6 is 0 Å². The number of carbonyl (C=O) groups is 1. The highest BCUT2D eigenvalue weighted by molar-refractivity contribution is 6.13. The predicted octanol–water partition coefficient (Wildman–Crippen LogP) is 4.40. The molecule has 0 amide bonds. The fourth-order valence-electron chi connectivity index (χ4n) is 4.31. The van der Waals surface area contributed by atoms with Gasteiger partial charge in [-0.3, -0.25) is 9.78 Å². The molecule has 1 aromatic heterocycles. The third kappa shape index (κ3) is 1.55. The summed E-state index contributed by atoms with van der Waals surface area (Å²) < 4.78 is 0. The molecule has 2 aliphatic rings. The quantitative estimate of drug-likeness (QED) is 0.574. The molecular weight excluding hydrogens is 270 g/mol. The van der Waals surface area contributed by atoms with Crippen LogP contribution in [0.25, 0.3) is 21.7 Å². The van der Waals surface area contributed by atoms with E-state index in [9.17, 15) is 4.79 Å². The molecule has 108 valence electrons. The van der Waals surface area contributed by atoms with Crippen LogP contribution in [0.3, 0.4) is 0 Å². The van der Waals surface area contributed by atoms with Crippen LogP contribution in [-0.4, -0.2) is 10.8 Å². The third-order valence-corrected chi connectivity index (χ3v) is 5.22. The Morgan fingerprint density at radius 3 is 2.73 bits per heavy atom. The summed E-state index contributed by atoms with van der Waals surface area (Å²) in [7, 11) is 0. The second kappa shape index (κ2) is 4.39. The molecule has 0 aliphatic heterocycles. The maximum Gasteiger partial charge on any atom is 0.163 e. The number of aryl methyl sites for hydroxylation is 3. The number of ketones is 1. The lowest BCUT2D eigenvalue weighted by atomic mass is 9.79. The summed E-state index contributed by atoms with van der Waals surface area (Å²) in [5.74, 6) is 0.346. The molecule has 0 bridgehead atoms. The van der Waals surface area contributed by atoms with Crippen LogP contribution in [0.1, 0.15) is 46.4 Å². The Labute approximate surface area is 129 Å². The third-order valence-electron chi connectivity index (χ3n) is 5.22. The van der Waals surface area contributed by atoms with E-state index in [2.05, 4.69) is 30.3 Å². The molecule has 3 aromatic rings. The van der Waals surface area contributed by atoms with Crippen molar-refractivity contribution in [3.63, 3.8) is 0 Å². The van der Waals surface area contributed by atoms with E-state index >= 15 is 0 Å². The van der Waals surface area contributed by atoms with Gasteiger partial charge >= 0.3 is 0 Å². The molecule has 22 heavy (non-hydrogen) atoms. The van der Waals surface area contributed by atoms with Crippen LogP contribution in [0.4, 0.5) is 0 Å². The zero-order chi connectivity index (χ0) is 14.7. The van der Waals surface area contributed by atoms with Gasteiger partial charge in [-0.25, -0.2) is 0 Å². The molecule has 0 radical (unpaired) electrons. The van der Waals surface area contributed by atoms with Gasteiger partial charge < -0.3 is 0 Å². The van der Waals surface area contributed by atoms with Crippen molar-refractivity contribution in [3.8, 4) is 0 Å². The topological polar surface area (TPSA) is 30.0 Å². The lowest BCUT2D eigenvalue weighted by Crippen LogP contribution is -2.17. The van der Waals surface area contributed by atoms with Crippen molar-refractivity contribution in [1.82, 2.24) is 4.98 Å². The van der Waals surface area contributed by atoms with Crippen molar-refractivity contribution >= 4 is 27.5 Å². The monoisotopic (exact) mass is 287 g/mol. The minimum absolute atomic E-state index is 0.346. The summed E-state index contributed by atoms with van der Waals surface area (Å²) in [6.45, 7) is 0. The van der Waals surface area contributed by atoms with E-state index in [4.69, 9.17) is 4.98 Å². The molecule has 0 fully saturated rings. The van der Waals surface area contributed by atoms with E-state index in [-0.39, 0.29) is 0 Å². The predicted molar refractivity (Wildman–Crippen MR) is 88.5 cm³/mol. The molecular formula is C20H17NO. The fraction of sp³-hybridized carbons (Fsp3) is 0.300. The number of para-hydroxylation sites is 1. The molecule has 0 saturated heterocycles. The van der Waals surface area contributed by atoms with Crippen LogP contribution < -0.4 is 0 Å². The van der Waals surface area contributed by atoms with Crippen LogP contribution in [0.5, 0.6) is 0 Å². The number of Topliss-reactive ketones (excluding diaryl/α,β-unsaturated/α-hetero) is 1. The molecule has 2 aromatic carbocycles. The van der Waals surface area contributed by atoms with Crippen LogP contribution in [0.15, 0.2) is 30.3 Å². The van der Waals surface area contributed by atoms with Crippen molar-refractivity contribution in [2.24, 2.45) is 0 Å². The van der Waals surface area contributed by atoms with Crippen molar-refractivity contribution in [2.45, 2.75) is 38.5 Å². The molecule has 0 spiro atoms. The first-order valence-corrected chi connectivity index (χ1v) is 8.22. The zero-order valence-electron chi connectivity index (χ0n) is 12.5. The van der Waals surface area contributed by atoms with E-state index in [1.807, 2.05) is 0 Å². The zero-order valence-corrected chi connectivity index (χ0v) is 12.5. The molecule has 1 heterocycles. The van der Waals surface area contributed by atoms with Crippen LogP contribution in [-0.2, 0) is 19.3 Å². The second-order valence-electron chi connectivity index (χ2n) is 6.52. The van der Waals surface area contributed by atoms with Gasteiger partial charge in [-0.1, -0.05) is 18.2 Å². The number of hydrogen-bond acceptors (Lipinski definition) is 2. The van der Waals surface area contributed by atoms with E-state index in [1.165, 1.54) is 33.0 Å². The highest BCUT2D eigenvalue weighted by Crippen LogP contribution is 2.39. The van der Waals surface area contributed by atoms with Crippen molar-refractivity contribution in [2.75, 3.05) is 0 Å². The van der Waals surface area contributed by atoms with E-state index in [1.54, 1.807) is 0 Å². The average Bonchev–Trinajstić information content (AvgIpc) is 2.55. The number of carbonyl (C=O) groups excluding carboxylic acids is 1. The Kier molecular flexibility index (Phi) is 2.46. The minimum atomic E-state index is 0.346.